The molecule has 0 aliphatic carbocycles. The first-order valence-electron chi connectivity index (χ1n) is 5.31. The molecule has 0 fully saturated rings. The van der Waals surface area contributed by atoms with E-state index >= 15 is 0 Å². The second kappa shape index (κ2) is 6.88. The molecule has 0 N–H and O–H groups in total. The van der Waals surface area contributed by atoms with E-state index in [4.69, 9.17) is 15.8 Å². The third kappa shape index (κ3) is 3.52. The van der Waals surface area contributed by atoms with Crippen LogP contribution >= 0.6 is 0 Å². The van der Waals surface area contributed by atoms with Crippen molar-refractivity contribution in [3.8, 4) is 18.2 Å². The van der Waals surface area contributed by atoms with Crippen LogP contribution in [0.3, 0.4) is 0 Å². The highest BCUT2D eigenvalue weighted by Crippen LogP contribution is 2.19. The van der Waals surface area contributed by atoms with Gasteiger partial charge in [0.25, 0.3) is 0 Å². The van der Waals surface area contributed by atoms with Gasteiger partial charge in [-0.15, -0.1) is 0 Å². The lowest BCUT2D eigenvalue weighted by molar-refractivity contribution is 0.795. The summed E-state index contributed by atoms with van der Waals surface area (Å²) in [7, 11) is 0. The summed E-state index contributed by atoms with van der Waals surface area (Å²) in [6.07, 6.45) is 0.760. The van der Waals surface area contributed by atoms with Crippen molar-refractivity contribution in [3.63, 3.8) is 0 Å². The van der Waals surface area contributed by atoms with Crippen molar-refractivity contribution in [1.82, 2.24) is 0 Å². The summed E-state index contributed by atoms with van der Waals surface area (Å²) in [5.74, 6) is 0. The van der Waals surface area contributed by atoms with E-state index in [1.807, 2.05) is 17.0 Å². The van der Waals surface area contributed by atoms with Crippen LogP contribution in [-0.4, -0.2) is 13.1 Å². The minimum atomic E-state index is 0.380. The van der Waals surface area contributed by atoms with Crippen molar-refractivity contribution in [2.45, 2.75) is 12.8 Å². The molecule has 1 rings (SSSR count). The van der Waals surface area contributed by atoms with E-state index in [-0.39, 0.29) is 0 Å². The number of nitrogens with zero attached hydrogens (tertiary/aromatic N) is 4. The van der Waals surface area contributed by atoms with Gasteiger partial charge in [0.1, 0.15) is 6.07 Å². The molecule has 0 saturated carbocycles. The fourth-order valence-electron chi connectivity index (χ4n) is 1.57. The molecule has 0 heterocycles. The lowest BCUT2D eigenvalue weighted by atomic mass is 10.1. The Morgan fingerprint density at radius 2 is 1.53 bits per heavy atom. The molecule has 0 atom stereocenters. The average molecular weight is 224 g/mol. The van der Waals surface area contributed by atoms with Crippen LogP contribution < -0.4 is 4.90 Å². The Bertz CT molecular complexity index is 469. The van der Waals surface area contributed by atoms with Crippen LogP contribution in [0.25, 0.3) is 0 Å². The summed E-state index contributed by atoms with van der Waals surface area (Å²) >= 11 is 0. The average Bonchev–Trinajstić information content (AvgIpc) is 2.39. The summed E-state index contributed by atoms with van der Waals surface area (Å²) in [6.45, 7) is 1.08. The Morgan fingerprint density at radius 1 is 0.941 bits per heavy atom. The van der Waals surface area contributed by atoms with E-state index in [9.17, 15) is 0 Å². The second-order valence-electron chi connectivity index (χ2n) is 3.43. The Balaban J connectivity index is 2.92. The molecule has 0 bridgehead atoms. The third-order valence-electron chi connectivity index (χ3n) is 2.35. The van der Waals surface area contributed by atoms with Crippen LogP contribution in [0.4, 0.5) is 5.69 Å². The first-order chi connectivity index (χ1) is 8.33. The normalized spacial score (nSPS) is 8.76. The predicted octanol–water partition coefficient (Wildman–Crippen LogP) is 2.19. The monoisotopic (exact) mass is 224 g/mol. The number of para-hydroxylation sites is 1. The number of hydrogen-bond acceptors (Lipinski definition) is 4. The number of nitriles is 3. The van der Waals surface area contributed by atoms with Crippen LogP contribution in [0.2, 0.25) is 0 Å². The van der Waals surface area contributed by atoms with Gasteiger partial charge in [-0.1, -0.05) is 12.1 Å². The molecular formula is C13H12N4. The van der Waals surface area contributed by atoms with Gasteiger partial charge in [0, 0.05) is 13.1 Å². The van der Waals surface area contributed by atoms with Gasteiger partial charge in [-0.25, -0.2) is 0 Å². The van der Waals surface area contributed by atoms with Gasteiger partial charge in [0.2, 0.25) is 0 Å². The number of hydrogen-bond donors (Lipinski definition) is 0. The van der Waals surface area contributed by atoms with Gasteiger partial charge in [0.15, 0.2) is 0 Å². The van der Waals surface area contributed by atoms with Crippen LogP contribution in [0.5, 0.6) is 0 Å². The van der Waals surface area contributed by atoms with Crippen LogP contribution in [-0.2, 0) is 0 Å². The highest BCUT2D eigenvalue weighted by atomic mass is 15.1. The lowest BCUT2D eigenvalue weighted by Gasteiger charge is -2.23. The van der Waals surface area contributed by atoms with Gasteiger partial charge < -0.3 is 4.90 Å². The molecule has 0 aromatic heterocycles. The Kier molecular flexibility index (Phi) is 5.08. The van der Waals surface area contributed by atoms with E-state index in [2.05, 4.69) is 18.2 Å². The summed E-state index contributed by atoms with van der Waals surface area (Å²) in [5.41, 5.74) is 1.36. The van der Waals surface area contributed by atoms with Crippen LogP contribution in [0.1, 0.15) is 18.4 Å². The predicted molar refractivity (Wildman–Crippen MR) is 63.8 cm³/mol. The highest BCUT2D eigenvalue weighted by molar-refractivity contribution is 5.59. The zero-order valence-electron chi connectivity index (χ0n) is 9.43. The summed E-state index contributed by atoms with van der Waals surface area (Å²) in [6, 6.07) is 13.5. The van der Waals surface area contributed by atoms with E-state index < -0.39 is 0 Å². The molecule has 1 aromatic rings. The van der Waals surface area contributed by atoms with E-state index in [0.717, 1.165) is 5.69 Å². The molecular weight excluding hydrogens is 212 g/mol. The molecule has 84 valence electrons. The van der Waals surface area contributed by atoms with Crippen molar-refractivity contribution in [2.75, 3.05) is 18.0 Å². The van der Waals surface area contributed by atoms with Gasteiger partial charge in [-0.2, -0.15) is 15.8 Å². The Morgan fingerprint density at radius 3 is 2.06 bits per heavy atom. The molecule has 0 spiro atoms. The van der Waals surface area contributed by atoms with Gasteiger partial charge in [-0.3, -0.25) is 0 Å². The molecule has 0 radical (unpaired) electrons. The number of rotatable bonds is 5. The summed E-state index contributed by atoms with van der Waals surface area (Å²) in [5, 5.41) is 26.2. The molecule has 4 nitrogen and oxygen atoms in total. The van der Waals surface area contributed by atoms with Crippen molar-refractivity contribution >= 4 is 5.69 Å². The van der Waals surface area contributed by atoms with E-state index in [1.54, 1.807) is 12.1 Å². The minimum Gasteiger partial charge on any atom is -0.368 e. The smallest absolute Gasteiger partial charge is 0.101 e. The molecule has 1 aromatic carbocycles. The van der Waals surface area contributed by atoms with Crippen molar-refractivity contribution in [2.24, 2.45) is 0 Å². The third-order valence-corrected chi connectivity index (χ3v) is 2.35. The standard InChI is InChI=1S/C13H12N4/c14-7-3-9-17(10-4-8-15)13-6-2-1-5-12(13)11-16/h1-2,5-6H,3-4,9-10H2. The van der Waals surface area contributed by atoms with Crippen molar-refractivity contribution in [3.05, 3.63) is 29.8 Å². The summed E-state index contributed by atoms with van der Waals surface area (Å²) in [4.78, 5) is 1.91. The molecule has 17 heavy (non-hydrogen) atoms. The molecule has 4 heteroatoms. The molecule has 0 aliphatic rings. The van der Waals surface area contributed by atoms with E-state index in [0.29, 0.717) is 31.5 Å². The minimum absolute atomic E-state index is 0.380. The van der Waals surface area contributed by atoms with Gasteiger partial charge in [-0.05, 0) is 12.1 Å². The van der Waals surface area contributed by atoms with Crippen LogP contribution in [0.15, 0.2) is 24.3 Å². The lowest BCUT2D eigenvalue weighted by Crippen LogP contribution is -2.26. The summed E-state index contributed by atoms with van der Waals surface area (Å²) < 4.78 is 0. The molecule has 0 saturated heterocycles. The number of anilines is 1. The zero-order chi connectivity index (χ0) is 12.5. The molecule has 0 aliphatic heterocycles. The Hall–Kier alpha value is -2.51. The zero-order valence-corrected chi connectivity index (χ0v) is 9.43. The fourth-order valence-corrected chi connectivity index (χ4v) is 1.57. The first-order valence-corrected chi connectivity index (χ1v) is 5.31. The maximum atomic E-state index is 9.01. The maximum Gasteiger partial charge on any atom is 0.101 e. The van der Waals surface area contributed by atoms with Gasteiger partial charge >= 0.3 is 0 Å². The van der Waals surface area contributed by atoms with E-state index in [1.165, 1.54) is 0 Å². The highest BCUT2D eigenvalue weighted by Gasteiger charge is 2.09. The molecule has 0 unspecified atom stereocenters. The quantitative estimate of drug-likeness (QED) is 0.768. The van der Waals surface area contributed by atoms with Crippen LogP contribution in [0, 0.1) is 34.0 Å². The SMILES string of the molecule is N#CCCN(CCC#N)c1ccccc1C#N. The number of benzene rings is 1. The molecule has 0 amide bonds. The second-order valence-corrected chi connectivity index (χ2v) is 3.43. The van der Waals surface area contributed by atoms with Gasteiger partial charge in [0.05, 0.1) is 36.2 Å². The largest absolute Gasteiger partial charge is 0.368 e. The maximum absolute atomic E-state index is 9.01. The van der Waals surface area contributed by atoms with Crippen molar-refractivity contribution < 1.29 is 0 Å². The fraction of sp³-hybridized carbons (Fsp3) is 0.308. The van der Waals surface area contributed by atoms with Crippen molar-refractivity contribution in [1.29, 1.82) is 15.8 Å². The topological polar surface area (TPSA) is 74.6 Å². The first kappa shape index (κ1) is 12.6. The Labute approximate surface area is 101 Å².